The number of benzene rings is 1. The second kappa shape index (κ2) is 8.82. The highest BCUT2D eigenvalue weighted by Crippen LogP contribution is 2.29. The van der Waals surface area contributed by atoms with E-state index in [0.29, 0.717) is 0 Å². The van der Waals surface area contributed by atoms with Crippen LogP contribution in [-0.2, 0) is 11.3 Å². The molecule has 0 radical (unpaired) electrons. The van der Waals surface area contributed by atoms with Crippen LogP contribution in [0, 0.1) is 0 Å². The zero-order chi connectivity index (χ0) is 19.4. The van der Waals surface area contributed by atoms with Gasteiger partial charge in [-0.2, -0.15) is 0 Å². The van der Waals surface area contributed by atoms with E-state index in [4.69, 9.17) is 4.74 Å². The van der Waals surface area contributed by atoms with Gasteiger partial charge in [0, 0.05) is 48.9 Å². The Kier molecular flexibility index (Phi) is 6.69. The van der Waals surface area contributed by atoms with Gasteiger partial charge in [-0.25, -0.2) is 4.79 Å². The van der Waals surface area contributed by atoms with Gasteiger partial charge in [-0.3, -0.25) is 4.90 Å². The minimum atomic E-state index is -0.446. The van der Waals surface area contributed by atoms with Crippen LogP contribution in [0.4, 0.5) is 10.5 Å². The first-order valence-corrected chi connectivity index (χ1v) is 10.8. The minimum absolute atomic E-state index is 0.207. The lowest BCUT2D eigenvalue weighted by molar-refractivity contribution is 0.0477. The number of alkyl carbamates (subject to hydrolysis) is 1. The third kappa shape index (κ3) is 6.11. The minimum Gasteiger partial charge on any atom is -0.444 e. The molecule has 1 aromatic carbocycles. The van der Waals surface area contributed by atoms with Crippen LogP contribution in [0.25, 0.3) is 0 Å². The molecule has 1 amide bonds. The average Bonchev–Trinajstić information content (AvgIpc) is 3.11. The highest BCUT2D eigenvalue weighted by molar-refractivity contribution is 9.10. The maximum Gasteiger partial charge on any atom is 0.407 e. The van der Waals surface area contributed by atoms with E-state index in [1.807, 2.05) is 20.8 Å². The molecular weight excluding hydrogens is 406 g/mol. The Balaban J connectivity index is 1.53. The zero-order valence-electron chi connectivity index (χ0n) is 16.8. The zero-order valence-corrected chi connectivity index (χ0v) is 18.3. The fourth-order valence-corrected chi connectivity index (χ4v) is 4.22. The molecule has 2 fully saturated rings. The lowest BCUT2D eigenvalue weighted by Crippen LogP contribution is -2.45. The number of rotatable bonds is 4. The molecule has 1 aromatic rings. The third-order valence-corrected chi connectivity index (χ3v) is 5.69. The Morgan fingerprint density at radius 2 is 1.85 bits per heavy atom. The van der Waals surface area contributed by atoms with Gasteiger partial charge in [-0.15, -0.1) is 0 Å². The molecule has 0 saturated carbocycles. The van der Waals surface area contributed by atoms with Crippen LogP contribution in [0.2, 0.25) is 0 Å². The Morgan fingerprint density at radius 1 is 1.19 bits per heavy atom. The van der Waals surface area contributed by atoms with Crippen LogP contribution in [0.15, 0.2) is 22.7 Å². The number of nitrogens with one attached hydrogen (secondary N) is 1. The SMILES string of the molecule is CC(C)(C)OC(=O)NC1CCN(Cc2ccc(Br)cc2N2CCCC2)CC1. The molecule has 6 heteroatoms. The summed E-state index contributed by atoms with van der Waals surface area (Å²) in [5.41, 5.74) is 2.33. The first-order valence-electron chi connectivity index (χ1n) is 10.1. The van der Waals surface area contributed by atoms with Crippen molar-refractivity contribution in [2.45, 2.75) is 64.6 Å². The average molecular weight is 438 g/mol. The lowest BCUT2D eigenvalue weighted by Gasteiger charge is -2.34. The molecule has 0 atom stereocenters. The predicted molar refractivity (Wildman–Crippen MR) is 113 cm³/mol. The second-order valence-electron chi connectivity index (χ2n) is 8.66. The normalized spacial score (nSPS) is 19.3. The summed E-state index contributed by atoms with van der Waals surface area (Å²) >= 11 is 3.63. The van der Waals surface area contributed by atoms with Gasteiger partial charge in [0.25, 0.3) is 0 Å². The van der Waals surface area contributed by atoms with Crippen LogP contribution in [0.5, 0.6) is 0 Å². The van der Waals surface area contributed by atoms with Crippen molar-refractivity contribution in [1.82, 2.24) is 10.2 Å². The quantitative estimate of drug-likeness (QED) is 0.750. The molecular formula is C21H32BrN3O2. The molecule has 1 N–H and O–H groups in total. The van der Waals surface area contributed by atoms with Crippen molar-refractivity contribution in [3.8, 4) is 0 Å². The number of hydrogen-bond donors (Lipinski definition) is 1. The predicted octanol–water partition coefficient (Wildman–Crippen LogP) is 4.54. The van der Waals surface area contributed by atoms with Crippen LogP contribution < -0.4 is 10.2 Å². The number of carbonyl (C=O) groups is 1. The van der Waals surface area contributed by atoms with Crippen LogP contribution in [0.3, 0.4) is 0 Å². The van der Waals surface area contributed by atoms with Crippen molar-refractivity contribution in [1.29, 1.82) is 0 Å². The molecule has 0 bridgehead atoms. The standard InChI is InChI=1S/C21H32BrN3O2/c1-21(2,3)27-20(26)23-18-8-12-24(13-9-18)15-16-6-7-17(22)14-19(16)25-10-4-5-11-25/h6-7,14,18H,4-5,8-13,15H2,1-3H3,(H,23,26). The van der Waals surface area contributed by atoms with Gasteiger partial charge in [0.2, 0.25) is 0 Å². The number of hydrogen-bond acceptors (Lipinski definition) is 4. The van der Waals surface area contributed by atoms with Crippen molar-refractivity contribution in [2.24, 2.45) is 0 Å². The van der Waals surface area contributed by atoms with Gasteiger partial charge < -0.3 is 15.0 Å². The summed E-state index contributed by atoms with van der Waals surface area (Å²) in [6.07, 6.45) is 4.20. The van der Waals surface area contributed by atoms with E-state index in [1.54, 1.807) is 0 Å². The second-order valence-corrected chi connectivity index (χ2v) is 9.58. The maximum atomic E-state index is 12.0. The van der Waals surface area contributed by atoms with Crippen LogP contribution in [0.1, 0.15) is 52.0 Å². The molecule has 5 nitrogen and oxygen atoms in total. The van der Waals surface area contributed by atoms with Crippen LogP contribution >= 0.6 is 15.9 Å². The van der Waals surface area contributed by atoms with Crippen LogP contribution in [-0.4, -0.2) is 48.8 Å². The van der Waals surface area contributed by atoms with Gasteiger partial charge in [0.1, 0.15) is 5.60 Å². The van der Waals surface area contributed by atoms with Crippen molar-refractivity contribution in [2.75, 3.05) is 31.1 Å². The van der Waals surface area contributed by atoms with E-state index in [1.165, 1.54) is 24.1 Å². The topological polar surface area (TPSA) is 44.8 Å². The van der Waals surface area contributed by atoms with Gasteiger partial charge >= 0.3 is 6.09 Å². The van der Waals surface area contributed by atoms with Crippen molar-refractivity contribution in [3.05, 3.63) is 28.2 Å². The number of anilines is 1. The molecule has 2 aliphatic rings. The summed E-state index contributed by atoms with van der Waals surface area (Å²) in [5, 5.41) is 3.02. The van der Waals surface area contributed by atoms with E-state index >= 15 is 0 Å². The third-order valence-electron chi connectivity index (χ3n) is 5.20. The number of likely N-dealkylation sites (tertiary alicyclic amines) is 1. The lowest BCUT2D eigenvalue weighted by atomic mass is 10.0. The maximum absolute atomic E-state index is 12.0. The summed E-state index contributed by atoms with van der Waals surface area (Å²) in [6, 6.07) is 6.87. The number of ether oxygens (including phenoxy) is 1. The Labute approximate surface area is 171 Å². The largest absolute Gasteiger partial charge is 0.444 e. The summed E-state index contributed by atoms with van der Waals surface area (Å²) in [7, 11) is 0. The number of piperidine rings is 1. The molecule has 150 valence electrons. The van der Waals surface area contributed by atoms with E-state index in [2.05, 4.69) is 49.2 Å². The molecule has 0 aromatic heterocycles. The van der Waals surface area contributed by atoms with Crippen molar-refractivity contribution < 1.29 is 9.53 Å². The van der Waals surface area contributed by atoms with E-state index in [-0.39, 0.29) is 12.1 Å². The van der Waals surface area contributed by atoms with E-state index in [0.717, 1.165) is 50.0 Å². The molecule has 2 saturated heterocycles. The highest BCUT2D eigenvalue weighted by Gasteiger charge is 2.24. The number of amides is 1. The number of halogens is 1. The van der Waals surface area contributed by atoms with Gasteiger partial charge in [0.15, 0.2) is 0 Å². The molecule has 2 aliphatic heterocycles. The number of carbonyl (C=O) groups excluding carboxylic acids is 1. The summed E-state index contributed by atoms with van der Waals surface area (Å²) < 4.78 is 6.52. The smallest absolute Gasteiger partial charge is 0.407 e. The van der Waals surface area contributed by atoms with Gasteiger partial charge in [-0.05, 0) is 64.2 Å². The Bertz CT molecular complexity index is 645. The molecule has 0 spiro atoms. The van der Waals surface area contributed by atoms with Gasteiger partial charge in [0.05, 0.1) is 0 Å². The van der Waals surface area contributed by atoms with E-state index in [9.17, 15) is 4.79 Å². The van der Waals surface area contributed by atoms with E-state index < -0.39 is 5.60 Å². The fraction of sp³-hybridized carbons (Fsp3) is 0.667. The number of nitrogens with zero attached hydrogens (tertiary/aromatic N) is 2. The molecule has 0 aliphatic carbocycles. The first-order chi connectivity index (χ1) is 12.8. The highest BCUT2D eigenvalue weighted by atomic mass is 79.9. The Hall–Kier alpha value is -1.27. The summed E-state index contributed by atoms with van der Waals surface area (Å²) in [6.45, 7) is 11.0. The summed E-state index contributed by atoms with van der Waals surface area (Å²) in [5.74, 6) is 0. The molecule has 27 heavy (non-hydrogen) atoms. The van der Waals surface area contributed by atoms with Gasteiger partial charge in [-0.1, -0.05) is 22.0 Å². The Morgan fingerprint density at radius 3 is 2.48 bits per heavy atom. The van der Waals surface area contributed by atoms with Crippen molar-refractivity contribution >= 4 is 27.7 Å². The molecule has 2 heterocycles. The first kappa shape index (κ1) is 20.5. The summed E-state index contributed by atoms with van der Waals surface area (Å²) in [4.78, 5) is 17.0. The monoisotopic (exact) mass is 437 g/mol. The molecule has 3 rings (SSSR count). The fourth-order valence-electron chi connectivity index (χ4n) is 3.87. The molecule has 0 unspecified atom stereocenters. The van der Waals surface area contributed by atoms with Crippen molar-refractivity contribution in [3.63, 3.8) is 0 Å².